The average molecular weight is 812 g/mol. The standard InChI is InChI=1S/C57H35N5O/c1-4-17-36(18-5-1)55-58-56(37-19-6-2-7-20-37)60-57(59-55)38-31-32-48(45(35-38)42-27-16-26-41-40-23-12-15-30-51(40)63-54(41)42)62-47-29-14-11-25-44(47)53-50(62)34-33-49-52(53)43-24-10-13-28-46(43)61(49)39-21-8-3-9-22-39/h1-35H/i10D,11D,24D,25D,33D,34D. The zero-order valence-corrected chi connectivity index (χ0v) is 33.4. The van der Waals surface area contributed by atoms with Crippen LogP contribution in [-0.4, -0.2) is 24.1 Å². The minimum Gasteiger partial charge on any atom is -0.455 e. The molecule has 63 heavy (non-hydrogen) atoms. The molecule has 0 N–H and O–H groups in total. The Labute approximate surface area is 370 Å². The number of rotatable bonds is 6. The van der Waals surface area contributed by atoms with Crippen molar-refractivity contribution in [3.8, 4) is 56.7 Å². The third-order valence-corrected chi connectivity index (χ3v) is 11.9. The van der Waals surface area contributed by atoms with Crippen molar-refractivity contribution < 1.29 is 12.6 Å². The normalized spacial score (nSPS) is 13.1. The SMILES string of the molecule is [2H]c1ccc2c(c1[2H])c1c3c4c([2H])c([2H])ccc4n(-c4ccc(-c5nc(-c6ccccc6)nc(-c6ccccc6)n5)cc4-c4cccc5c4oc4ccccc45)c3c([2H])c([2H])c1n2-c1ccccc1. The van der Waals surface area contributed by atoms with Crippen molar-refractivity contribution in [2.75, 3.05) is 0 Å². The predicted octanol–water partition coefficient (Wildman–Crippen LogP) is 14.6. The molecule has 9 aromatic carbocycles. The van der Waals surface area contributed by atoms with Crippen LogP contribution in [-0.2, 0) is 0 Å². The maximum Gasteiger partial charge on any atom is 0.164 e. The highest BCUT2D eigenvalue weighted by molar-refractivity contribution is 6.29. The number of hydrogen-bond donors (Lipinski definition) is 0. The summed E-state index contributed by atoms with van der Waals surface area (Å²) < 4.78 is 67.3. The molecule has 294 valence electrons. The smallest absolute Gasteiger partial charge is 0.164 e. The molecule has 0 amide bonds. The van der Waals surface area contributed by atoms with Gasteiger partial charge < -0.3 is 13.6 Å². The summed E-state index contributed by atoms with van der Waals surface area (Å²) in [7, 11) is 0. The van der Waals surface area contributed by atoms with E-state index in [0.29, 0.717) is 83.5 Å². The van der Waals surface area contributed by atoms with Crippen LogP contribution in [0.5, 0.6) is 0 Å². The molecule has 0 aliphatic rings. The van der Waals surface area contributed by atoms with Crippen molar-refractivity contribution in [1.29, 1.82) is 0 Å². The number of furan rings is 1. The van der Waals surface area contributed by atoms with Crippen LogP contribution < -0.4 is 0 Å². The number of benzene rings is 9. The third-order valence-electron chi connectivity index (χ3n) is 11.9. The lowest BCUT2D eigenvalue weighted by Crippen LogP contribution is -2.02. The Balaban J connectivity index is 1.19. The van der Waals surface area contributed by atoms with Gasteiger partial charge in [-0.2, -0.15) is 0 Å². The number of nitrogens with zero attached hydrogens (tertiary/aromatic N) is 5. The second-order valence-electron chi connectivity index (χ2n) is 15.5. The summed E-state index contributed by atoms with van der Waals surface area (Å²) in [6, 6.07) is 55.4. The molecule has 0 saturated carbocycles. The fourth-order valence-corrected chi connectivity index (χ4v) is 9.14. The van der Waals surface area contributed by atoms with Gasteiger partial charge in [0.2, 0.25) is 0 Å². The van der Waals surface area contributed by atoms with Gasteiger partial charge in [-0.15, -0.1) is 0 Å². The van der Waals surface area contributed by atoms with Gasteiger partial charge in [-0.1, -0.05) is 152 Å². The fourth-order valence-electron chi connectivity index (χ4n) is 9.14. The van der Waals surface area contributed by atoms with E-state index >= 15 is 0 Å². The van der Waals surface area contributed by atoms with Crippen LogP contribution in [0.3, 0.4) is 0 Å². The van der Waals surface area contributed by atoms with Crippen LogP contribution in [0.25, 0.3) is 122 Å². The van der Waals surface area contributed by atoms with Crippen LogP contribution >= 0.6 is 0 Å². The molecule has 0 unspecified atom stereocenters. The van der Waals surface area contributed by atoms with E-state index in [2.05, 4.69) is 0 Å². The Morgan fingerprint density at radius 2 is 0.952 bits per heavy atom. The fraction of sp³-hybridized carbons (Fsp3) is 0. The summed E-state index contributed by atoms with van der Waals surface area (Å²) in [4.78, 5) is 15.1. The molecule has 0 bridgehead atoms. The highest BCUT2D eigenvalue weighted by Crippen LogP contribution is 2.45. The predicted molar refractivity (Wildman–Crippen MR) is 258 cm³/mol. The molecule has 0 radical (unpaired) electrons. The quantitative estimate of drug-likeness (QED) is 0.168. The highest BCUT2D eigenvalue weighted by Gasteiger charge is 2.24. The van der Waals surface area contributed by atoms with E-state index < -0.39 is 0 Å². The van der Waals surface area contributed by atoms with E-state index in [0.717, 1.165) is 38.7 Å². The van der Waals surface area contributed by atoms with Gasteiger partial charge in [0.15, 0.2) is 17.5 Å². The van der Waals surface area contributed by atoms with Crippen molar-refractivity contribution in [3.63, 3.8) is 0 Å². The second kappa shape index (κ2) is 14.0. The summed E-state index contributed by atoms with van der Waals surface area (Å²) in [5, 5.41) is 3.60. The molecule has 0 aliphatic heterocycles. The van der Waals surface area contributed by atoms with Crippen molar-refractivity contribution in [2.24, 2.45) is 0 Å². The van der Waals surface area contributed by atoms with Gasteiger partial charge in [0, 0.05) is 65.8 Å². The van der Waals surface area contributed by atoms with E-state index in [1.54, 1.807) is 24.3 Å². The number of hydrogen-bond acceptors (Lipinski definition) is 4. The number of para-hydroxylation sites is 5. The molecule has 6 heteroatoms. The molecular weight excluding hydrogens is 771 g/mol. The Kier molecular flexibility index (Phi) is 6.56. The van der Waals surface area contributed by atoms with Gasteiger partial charge in [0.05, 0.1) is 36.0 Å². The van der Waals surface area contributed by atoms with Gasteiger partial charge in [-0.05, 0) is 60.6 Å². The Morgan fingerprint density at radius 3 is 1.62 bits per heavy atom. The zero-order valence-electron chi connectivity index (χ0n) is 39.4. The third kappa shape index (κ3) is 5.48. The molecule has 4 heterocycles. The largest absolute Gasteiger partial charge is 0.455 e. The summed E-state index contributed by atoms with van der Waals surface area (Å²) in [6.45, 7) is 0. The van der Waals surface area contributed by atoms with Crippen LogP contribution in [0.1, 0.15) is 8.22 Å². The van der Waals surface area contributed by atoms with Crippen LogP contribution in [0, 0.1) is 0 Å². The maximum atomic E-state index is 10.1. The van der Waals surface area contributed by atoms with Gasteiger partial charge >= 0.3 is 0 Å². The minimum atomic E-state index is -0.105. The Bertz CT molecular complexity index is 4210. The molecular formula is C57H35N5O. The molecule has 6 nitrogen and oxygen atoms in total. The first kappa shape index (κ1) is 29.6. The monoisotopic (exact) mass is 811 g/mol. The molecule has 13 aromatic rings. The van der Waals surface area contributed by atoms with E-state index in [-0.39, 0.29) is 36.3 Å². The van der Waals surface area contributed by atoms with E-state index in [1.807, 2.05) is 161 Å². The van der Waals surface area contributed by atoms with Crippen molar-refractivity contribution >= 4 is 65.6 Å². The molecule has 13 rings (SSSR count). The Hall–Kier alpha value is -8.61. The molecule has 0 atom stereocenters. The maximum absolute atomic E-state index is 10.1. The van der Waals surface area contributed by atoms with Crippen LogP contribution in [0.15, 0.2) is 217 Å². The lowest BCUT2D eigenvalue weighted by atomic mass is 9.97. The average Bonchev–Trinajstić information content (AvgIpc) is 4.07. The lowest BCUT2D eigenvalue weighted by Gasteiger charge is -2.16. The lowest BCUT2D eigenvalue weighted by molar-refractivity contribution is 0.670. The molecule has 0 spiro atoms. The van der Waals surface area contributed by atoms with Gasteiger partial charge in [0.1, 0.15) is 11.2 Å². The summed E-state index contributed by atoms with van der Waals surface area (Å²) in [6.07, 6.45) is 0. The van der Waals surface area contributed by atoms with Crippen LogP contribution in [0.4, 0.5) is 0 Å². The van der Waals surface area contributed by atoms with Gasteiger partial charge in [0.25, 0.3) is 0 Å². The van der Waals surface area contributed by atoms with Crippen molar-refractivity contribution in [1.82, 2.24) is 24.1 Å². The summed E-state index contributed by atoms with van der Waals surface area (Å²) in [5.41, 5.74) is 8.28. The van der Waals surface area contributed by atoms with E-state index in [9.17, 15) is 5.48 Å². The Morgan fingerprint density at radius 1 is 0.397 bits per heavy atom. The van der Waals surface area contributed by atoms with E-state index in [4.69, 9.17) is 22.1 Å². The topological polar surface area (TPSA) is 61.7 Å². The van der Waals surface area contributed by atoms with Crippen molar-refractivity contribution in [3.05, 3.63) is 212 Å². The molecule has 0 saturated heterocycles. The van der Waals surface area contributed by atoms with Gasteiger partial charge in [-0.3, -0.25) is 0 Å². The van der Waals surface area contributed by atoms with Gasteiger partial charge in [-0.25, -0.2) is 15.0 Å². The first-order chi connectivity index (χ1) is 33.7. The first-order valence-corrected chi connectivity index (χ1v) is 20.7. The number of fused-ring (bicyclic) bond motifs is 10. The first-order valence-electron chi connectivity index (χ1n) is 23.7. The summed E-state index contributed by atoms with van der Waals surface area (Å²) in [5.74, 6) is 1.44. The zero-order chi connectivity index (χ0) is 46.7. The van der Waals surface area contributed by atoms with Crippen molar-refractivity contribution in [2.45, 2.75) is 0 Å². The molecule has 4 aromatic heterocycles. The van der Waals surface area contributed by atoms with Crippen LogP contribution in [0.2, 0.25) is 0 Å². The molecule has 0 fully saturated rings. The summed E-state index contributed by atoms with van der Waals surface area (Å²) >= 11 is 0. The minimum absolute atomic E-state index is 0.00115. The highest BCUT2D eigenvalue weighted by atomic mass is 16.3. The second-order valence-corrected chi connectivity index (χ2v) is 15.5. The molecule has 0 aliphatic carbocycles. The number of aromatic nitrogens is 5. The van der Waals surface area contributed by atoms with E-state index in [1.165, 1.54) is 0 Å².